The van der Waals surface area contributed by atoms with Crippen LogP contribution in [0.3, 0.4) is 0 Å². The van der Waals surface area contributed by atoms with Gasteiger partial charge in [-0.15, -0.1) is 0 Å². The van der Waals surface area contributed by atoms with Crippen LogP contribution in [-0.4, -0.2) is 47.9 Å². The van der Waals surface area contributed by atoms with Crippen LogP contribution in [0, 0.1) is 5.92 Å². The summed E-state index contributed by atoms with van der Waals surface area (Å²) < 4.78 is 42.5. The Morgan fingerprint density at radius 2 is 1.23 bits per heavy atom. The number of ether oxygens (including phenoxy) is 7. The first-order valence-corrected chi connectivity index (χ1v) is 15.7. The lowest BCUT2D eigenvalue weighted by Gasteiger charge is -2.35. The molecule has 0 bridgehead atoms. The summed E-state index contributed by atoms with van der Waals surface area (Å²) in [6.45, 7) is 3.58. The van der Waals surface area contributed by atoms with Gasteiger partial charge < -0.3 is 33.2 Å². The Bertz CT molecular complexity index is 1640. The molecule has 8 heteroatoms. The van der Waals surface area contributed by atoms with E-state index in [0.29, 0.717) is 66.5 Å². The SMILES string of the molecule is CCCOC[C@@H]1C(C=O)=Cc2cc(OC)c(OCc3ccccc3)c(OC)c2[C@H]1c1cc(OC)c(OCc2ccccc2)c(OC)c1. The molecule has 0 aliphatic heterocycles. The van der Waals surface area contributed by atoms with Crippen LogP contribution in [0.25, 0.3) is 6.08 Å². The summed E-state index contributed by atoms with van der Waals surface area (Å²) in [5.41, 5.74) is 5.07. The average Bonchev–Trinajstić information content (AvgIpc) is 3.12. The molecule has 8 nitrogen and oxygen atoms in total. The highest BCUT2D eigenvalue weighted by molar-refractivity contribution is 5.87. The van der Waals surface area contributed by atoms with Gasteiger partial charge in [0.1, 0.15) is 19.5 Å². The van der Waals surface area contributed by atoms with E-state index in [-0.39, 0.29) is 5.92 Å². The number of fused-ring (bicyclic) bond motifs is 1. The van der Waals surface area contributed by atoms with E-state index in [1.165, 1.54) is 0 Å². The van der Waals surface area contributed by atoms with Crippen LogP contribution in [0.4, 0.5) is 0 Å². The summed E-state index contributed by atoms with van der Waals surface area (Å²) in [7, 11) is 6.40. The van der Waals surface area contributed by atoms with Crippen LogP contribution in [0.1, 0.15) is 47.1 Å². The molecular weight excluding hydrogens is 596 g/mol. The maximum Gasteiger partial charge on any atom is 0.204 e. The molecule has 4 aromatic rings. The van der Waals surface area contributed by atoms with Gasteiger partial charge in [-0.2, -0.15) is 0 Å². The van der Waals surface area contributed by atoms with Crippen LogP contribution < -0.4 is 28.4 Å². The molecule has 0 saturated carbocycles. The van der Waals surface area contributed by atoms with Crippen LogP contribution in [-0.2, 0) is 22.7 Å². The minimum atomic E-state index is -0.405. The monoisotopic (exact) mass is 638 g/mol. The Morgan fingerprint density at radius 1 is 0.681 bits per heavy atom. The quantitative estimate of drug-likeness (QED) is 0.0915. The van der Waals surface area contributed by atoms with Gasteiger partial charge in [0, 0.05) is 24.0 Å². The third-order valence-electron chi connectivity index (χ3n) is 8.24. The van der Waals surface area contributed by atoms with Crippen molar-refractivity contribution in [2.24, 2.45) is 5.92 Å². The van der Waals surface area contributed by atoms with Gasteiger partial charge in [-0.1, -0.05) is 67.6 Å². The second-order valence-corrected chi connectivity index (χ2v) is 11.2. The minimum Gasteiger partial charge on any atom is -0.493 e. The lowest BCUT2D eigenvalue weighted by Crippen LogP contribution is -2.27. The molecule has 1 aliphatic carbocycles. The molecule has 0 aromatic heterocycles. The average molecular weight is 639 g/mol. The molecule has 0 amide bonds. The van der Waals surface area contributed by atoms with Gasteiger partial charge in [0.05, 0.1) is 35.0 Å². The summed E-state index contributed by atoms with van der Waals surface area (Å²) >= 11 is 0. The van der Waals surface area contributed by atoms with Crippen molar-refractivity contribution in [3.05, 3.63) is 112 Å². The molecule has 0 radical (unpaired) electrons. The third kappa shape index (κ3) is 7.39. The molecule has 0 saturated heterocycles. The van der Waals surface area contributed by atoms with Crippen molar-refractivity contribution in [3.63, 3.8) is 0 Å². The van der Waals surface area contributed by atoms with Gasteiger partial charge in [-0.3, -0.25) is 4.79 Å². The maximum atomic E-state index is 12.7. The molecule has 0 heterocycles. The number of aldehydes is 1. The zero-order valence-corrected chi connectivity index (χ0v) is 27.6. The Kier molecular flexibility index (Phi) is 11.4. The third-order valence-corrected chi connectivity index (χ3v) is 8.24. The zero-order chi connectivity index (χ0) is 33.2. The molecule has 0 unspecified atom stereocenters. The van der Waals surface area contributed by atoms with E-state index in [0.717, 1.165) is 40.5 Å². The molecule has 2 atom stereocenters. The van der Waals surface area contributed by atoms with Crippen LogP contribution in [0.2, 0.25) is 0 Å². The summed E-state index contributed by atoms with van der Waals surface area (Å²) in [4.78, 5) is 12.7. The van der Waals surface area contributed by atoms with Gasteiger partial charge in [0.15, 0.2) is 23.0 Å². The van der Waals surface area contributed by atoms with Crippen molar-refractivity contribution in [1.82, 2.24) is 0 Å². The number of carbonyl (C=O) groups excluding carboxylic acids is 1. The zero-order valence-electron chi connectivity index (χ0n) is 27.6. The van der Waals surface area contributed by atoms with E-state index in [4.69, 9.17) is 33.2 Å². The Balaban J connectivity index is 1.67. The molecule has 0 spiro atoms. The number of carbonyl (C=O) groups is 1. The van der Waals surface area contributed by atoms with Gasteiger partial charge >= 0.3 is 0 Å². The molecule has 0 fully saturated rings. The standard InChI is InChI=1S/C39H42O8/c1-6-17-45-25-31-30(22-40)18-28-19-34(43-4)38(47-24-27-15-11-8-12-16-27)39(44-5)36(28)35(31)29-20-32(41-2)37(33(21-29)42-3)46-23-26-13-9-7-10-14-26/h7-16,18-22,31,35H,6,17,23-25H2,1-5H3/t31-,35+/m1/s1. The van der Waals surface area contributed by atoms with Gasteiger partial charge in [0.25, 0.3) is 0 Å². The van der Waals surface area contributed by atoms with E-state index >= 15 is 0 Å². The normalized spacial score (nSPS) is 15.2. The Hall–Kier alpha value is -4.95. The predicted octanol–water partition coefficient (Wildman–Crippen LogP) is 7.65. The Labute approximate surface area is 276 Å². The van der Waals surface area contributed by atoms with Crippen molar-refractivity contribution in [2.45, 2.75) is 32.5 Å². The van der Waals surface area contributed by atoms with Crippen molar-refractivity contribution < 1.29 is 38.0 Å². The Morgan fingerprint density at radius 3 is 1.74 bits per heavy atom. The number of hydrogen-bond acceptors (Lipinski definition) is 8. The maximum absolute atomic E-state index is 12.7. The molecule has 47 heavy (non-hydrogen) atoms. The molecule has 246 valence electrons. The van der Waals surface area contributed by atoms with E-state index in [9.17, 15) is 4.79 Å². The highest BCUT2D eigenvalue weighted by Crippen LogP contribution is 2.54. The molecule has 5 rings (SSSR count). The highest BCUT2D eigenvalue weighted by Gasteiger charge is 2.39. The summed E-state index contributed by atoms with van der Waals surface area (Å²) in [5.74, 6) is 2.22. The van der Waals surface area contributed by atoms with E-state index in [1.54, 1.807) is 28.4 Å². The van der Waals surface area contributed by atoms with E-state index < -0.39 is 5.92 Å². The lowest BCUT2D eigenvalue weighted by molar-refractivity contribution is -0.105. The molecule has 0 N–H and O–H groups in total. The number of rotatable bonds is 16. The first-order chi connectivity index (χ1) is 23.1. The van der Waals surface area contributed by atoms with E-state index in [2.05, 4.69) is 6.92 Å². The summed E-state index contributed by atoms with van der Waals surface area (Å²) in [6.07, 6.45) is 3.64. The second-order valence-electron chi connectivity index (χ2n) is 11.2. The summed E-state index contributed by atoms with van der Waals surface area (Å²) in [6, 6.07) is 25.6. The first kappa shape index (κ1) is 33.4. The van der Waals surface area contributed by atoms with E-state index in [1.807, 2.05) is 84.9 Å². The lowest BCUT2D eigenvalue weighted by atomic mass is 9.71. The second kappa shape index (κ2) is 16.1. The fraction of sp³-hybridized carbons (Fsp3) is 0.308. The topological polar surface area (TPSA) is 81.7 Å². The summed E-state index contributed by atoms with van der Waals surface area (Å²) in [5, 5.41) is 0. The molecular formula is C39H42O8. The highest BCUT2D eigenvalue weighted by atomic mass is 16.5. The molecule has 4 aromatic carbocycles. The van der Waals surface area contributed by atoms with Crippen molar-refractivity contribution in [1.29, 1.82) is 0 Å². The molecule has 1 aliphatic rings. The van der Waals surface area contributed by atoms with Crippen molar-refractivity contribution >= 4 is 12.4 Å². The van der Waals surface area contributed by atoms with Crippen LogP contribution in [0.5, 0.6) is 34.5 Å². The van der Waals surface area contributed by atoms with Crippen LogP contribution in [0.15, 0.2) is 84.4 Å². The number of methoxy groups -OCH3 is 4. The van der Waals surface area contributed by atoms with Crippen molar-refractivity contribution in [3.8, 4) is 34.5 Å². The number of hydrogen-bond donors (Lipinski definition) is 0. The minimum absolute atomic E-state index is 0.310. The van der Waals surface area contributed by atoms with Crippen LogP contribution >= 0.6 is 0 Å². The first-order valence-electron chi connectivity index (χ1n) is 15.7. The number of benzene rings is 4. The fourth-order valence-corrected chi connectivity index (χ4v) is 6.01. The van der Waals surface area contributed by atoms with Gasteiger partial charge in [-0.25, -0.2) is 0 Å². The van der Waals surface area contributed by atoms with Gasteiger partial charge in [-0.05, 0) is 58.5 Å². The van der Waals surface area contributed by atoms with Crippen molar-refractivity contribution in [2.75, 3.05) is 41.7 Å². The predicted molar refractivity (Wildman–Crippen MR) is 181 cm³/mol. The smallest absolute Gasteiger partial charge is 0.204 e. The largest absolute Gasteiger partial charge is 0.493 e. The van der Waals surface area contributed by atoms with Gasteiger partial charge in [0.2, 0.25) is 11.5 Å². The fourth-order valence-electron chi connectivity index (χ4n) is 6.01.